The first kappa shape index (κ1) is 34.3. The number of amides is 1. The van der Waals surface area contributed by atoms with Crippen molar-refractivity contribution >= 4 is 17.8 Å². The van der Waals surface area contributed by atoms with Crippen molar-refractivity contribution in [2.24, 2.45) is 5.92 Å². The fourth-order valence-corrected chi connectivity index (χ4v) is 3.41. The van der Waals surface area contributed by atoms with Crippen molar-refractivity contribution in [3.05, 3.63) is 65.0 Å². The van der Waals surface area contributed by atoms with E-state index >= 15 is 0 Å². The molecule has 0 bridgehead atoms. The number of aliphatic carboxylic acids is 2. The number of carbonyl (C=O) groups excluding carboxylic acids is 1. The average Bonchev–Trinajstić information content (AvgIpc) is 3.81. The minimum absolute atomic E-state index is 0.192. The van der Waals surface area contributed by atoms with Gasteiger partial charge in [-0.15, -0.1) is 0 Å². The summed E-state index contributed by atoms with van der Waals surface area (Å²) < 4.78 is 102. The number of halogens is 9. The van der Waals surface area contributed by atoms with E-state index in [1.165, 1.54) is 30.7 Å². The van der Waals surface area contributed by atoms with Crippen molar-refractivity contribution < 1.29 is 64.1 Å². The highest BCUT2D eigenvalue weighted by Crippen LogP contribution is 2.41. The molecule has 2 saturated carbocycles. The number of hydrogen-bond acceptors (Lipinski definition) is 5. The Morgan fingerprint density at radius 2 is 1.38 bits per heavy atom. The predicted molar refractivity (Wildman–Crippen MR) is 126 cm³/mol. The zero-order valence-electron chi connectivity index (χ0n) is 21.3. The van der Waals surface area contributed by atoms with Gasteiger partial charge in [-0.2, -0.15) is 39.5 Å². The molecule has 2 atom stereocenters. The van der Waals surface area contributed by atoms with Crippen molar-refractivity contribution in [3.8, 4) is 0 Å². The molecular formula is C25H24F9N3O5. The van der Waals surface area contributed by atoms with E-state index in [1.54, 1.807) is 12.1 Å². The quantitative estimate of drug-likeness (QED) is 0.317. The van der Waals surface area contributed by atoms with Crippen molar-refractivity contribution in [1.82, 2.24) is 15.6 Å². The number of pyridine rings is 1. The van der Waals surface area contributed by atoms with Gasteiger partial charge in [-0.1, -0.05) is 12.1 Å². The number of rotatable bonds is 7. The SMILES string of the molecule is O=C(NCc1ncccc1C(F)(F)F)c1ccc([C@@H]2C[C@H]2NCC2CC2)cc1.O=C(O)C(F)(F)F.O=C(O)C(F)(F)F. The Bertz CT molecular complexity index is 1200. The predicted octanol–water partition coefficient (Wildman–Crippen LogP) is 5.15. The summed E-state index contributed by atoms with van der Waals surface area (Å²) in [7, 11) is 0. The zero-order valence-corrected chi connectivity index (χ0v) is 21.3. The molecule has 8 nitrogen and oxygen atoms in total. The molecule has 0 saturated heterocycles. The number of alkyl halides is 9. The summed E-state index contributed by atoms with van der Waals surface area (Å²) in [6, 6.07) is 10.0. The largest absolute Gasteiger partial charge is 0.490 e. The molecule has 1 aromatic heterocycles. The van der Waals surface area contributed by atoms with Gasteiger partial charge in [0.05, 0.1) is 17.8 Å². The Kier molecular flexibility index (Phi) is 11.3. The maximum absolute atomic E-state index is 13.0. The van der Waals surface area contributed by atoms with E-state index in [4.69, 9.17) is 19.8 Å². The highest BCUT2D eigenvalue weighted by Gasteiger charge is 2.40. The molecule has 0 spiro atoms. The Hall–Kier alpha value is -3.89. The molecule has 42 heavy (non-hydrogen) atoms. The van der Waals surface area contributed by atoms with Crippen molar-refractivity contribution in [2.45, 2.75) is 56.3 Å². The van der Waals surface area contributed by atoms with E-state index < -0.39 is 41.9 Å². The highest BCUT2D eigenvalue weighted by molar-refractivity contribution is 5.94. The van der Waals surface area contributed by atoms with Crippen molar-refractivity contribution in [3.63, 3.8) is 0 Å². The third kappa shape index (κ3) is 11.5. The molecule has 4 rings (SSSR count). The lowest BCUT2D eigenvalue weighted by Crippen LogP contribution is -2.25. The molecule has 2 aliphatic rings. The summed E-state index contributed by atoms with van der Waals surface area (Å²) in [5.41, 5.74) is 0.594. The van der Waals surface area contributed by atoms with Gasteiger partial charge < -0.3 is 20.8 Å². The third-order valence-electron chi connectivity index (χ3n) is 5.85. The first-order chi connectivity index (χ1) is 19.3. The summed E-state index contributed by atoms with van der Waals surface area (Å²) in [6.07, 6.45) is -9.61. The summed E-state index contributed by atoms with van der Waals surface area (Å²) in [4.78, 5) is 33.8. The monoisotopic (exact) mass is 617 g/mol. The number of benzene rings is 1. The molecule has 17 heteroatoms. The maximum atomic E-state index is 13.0. The second-order valence-corrected chi connectivity index (χ2v) is 9.21. The van der Waals surface area contributed by atoms with Crippen LogP contribution in [0.5, 0.6) is 0 Å². The van der Waals surface area contributed by atoms with Crippen LogP contribution < -0.4 is 10.6 Å². The molecule has 2 fully saturated rings. The molecule has 2 aliphatic carbocycles. The number of carbonyl (C=O) groups is 3. The number of nitrogens with one attached hydrogen (secondary N) is 2. The van der Waals surface area contributed by atoms with E-state index in [1.807, 2.05) is 12.1 Å². The smallest absolute Gasteiger partial charge is 0.475 e. The van der Waals surface area contributed by atoms with E-state index in [0.29, 0.717) is 17.5 Å². The molecule has 2 aromatic rings. The molecular weight excluding hydrogens is 593 g/mol. The van der Waals surface area contributed by atoms with Gasteiger partial charge in [0, 0.05) is 23.7 Å². The van der Waals surface area contributed by atoms with Crippen molar-refractivity contribution in [1.29, 1.82) is 0 Å². The molecule has 232 valence electrons. The summed E-state index contributed by atoms with van der Waals surface area (Å²) >= 11 is 0. The molecule has 1 amide bonds. The topological polar surface area (TPSA) is 129 Å². The Morgan fingerprint density at radius 1 is 0.857 bits per heavy atom. The molecule has 1 heterocycles. The fraction of sp³-hybridized carbons (Fsp3) is 0.440. The number of hydrogen-bond donors (Lipinski definition) is 4. The lowest BCUT2D eigenvalue weighted by atomic mass is 10.1. The van der Waals surface area contributed by atoms with Gasteiger partial charge in [-0.25, -0.2) is 9.59 Å². The summed E-state index contributed by atoms with van der Waals surface area (Å²) in [5.74, 6) is -4.59. The molecule has 4 N–H and O–H groups in total. The lowest BCUT2D eigenvalue weighted by molar-refractivity contribution is -0.193. The van der Waals surface area contributed by atoms with Crippen LogP contribution >= 0.6 is 0 Å². The van der Waals surface area contributed by atoms with Gasteiger partial charge in [0.2, 0.25) is 0 Å². The van der Waals surface area contributed by atoms with E-state index in [2.05, 4.69) is 15.6 Å². The first-order valence-corrected chi connectivity index (χ1v) is 12.0. The minimum atomic E-state index is -5.08. The van der Waals surface area contributed by atoms with Crippen LogP contribution in [0, 0.1) is 5.92 Å². The second kappa shape index (κ2) is 13.8. The molecule has 1 aromatic carbocycles. The van der Waals surface area contributed by atoms with Crippen LogP contribution in [0.2, 0.25) is 0 Å². The van der Waals surface area contributed by atoms with Crippen LogP contribution in [0.25, 0.3) is 0 Å². The molecule has 0 radical (unpaired) electrons. The Morgan fingerprint density at radius 3 is 1.83 bits per heavy atom. The number of carboxylic acids is 2. The number of aromatic nitrogens is 1. The van der Waals surface area contributed by atoms with Crippen molar-refractivity contribution in [2.75, 3.05) is 6.54 Å². The third-order valence-corrected chi connectivity index (χ3v) is 5.85. The van der Waals surface area contributed by atoms with E-state index in [9.17, 15) is 44.3 Å². The van der Waals surface area contributed by atoms with Crippen LogP contribution in [0.4, 0.5) is 39.5 Å². The van der Waals surface area contributed by atoms with Gasteiger partial charge in [0.1, 0.15) is 0 Å². The normalized spacial score (nSPS) is 18.0. The van der Waals surface area contributed by atoms with Crippen LogP contribution in [0.1, 0.15) is 52.4 Å². The number of carboxylic acid groups (broad SMARTS) is 2. The average molecular weight is 617 g/mol. The lowest BCUT2D eigenvalue weighted by Gasteiger charge is -2.12. The maximum Gasteiger partial charge on any atom is 0.490 e. The van der Waals surface area contributed by atoms with Gasteiger partial charge >= 0.3 is 30.5 Å². The molecule has 0 aliphatic heterocycles. The first-order valence-electron chi connectivity index (χ1n) is 12.0. The summed E-state index contributed by atoms with van der Waals surface area (Å²) in [6.45, 7) is 0.821. The van der Waals surface area contributed by atoms with Crippen LogP contribution in [-0.4, -0.2) is 58.0 Å². The standard InChI is InChI=1S/C21H22F3N3O.2C2HF3O2/c22-21(23,24)17-2-1-9-25-19(17)12-27-20(28)15-7-5-14(6-8-15)16-10-18(16)26-11-13-3-4-13;2*3-2(4,5)1(6)7/h1-2,5-9,13,16,18,26H,3-4,10-12H2,(H,27,28);2*(H,6,7)/t16-,18+;;/m0../s1. The Balaban J connectivity index is 0.000000367. The Labute approximate surface area is 231 Å². The fourth-order valence-electron chi connectivity index (χ4n) is 3.41. The van der Waals surface area contributed by atoms with Crippen LogP contribution in [-0.2, 0) is 22.3 Å². The van der Waals surface area contributed by atoms with Gasteiger partial charge in [0.15, 0.2) is 0 Å². The highest BCUT2D eigenvalue weighted by atomic mass is 19.4. The minimum Gasteiger partial charge on any atom is -0.475 e. The van der Waals surface area contributed by atoms with Gasteiger partial charge in [0.25, 0.3) is 5.91 Å². The number of nitrogens with zero attached hydrogens (tertiary/aromatic N) is 1. The van der Waals surface area contributed by atoms with Crippen LogP contribution in [0.3, 0.4) is 0 Å². The van der Waals surface area contributed by atoms with Crippen LogP contribution in [0.15, 0.2) is 42.6 Å². The zero-order chi connectivity index (χ0) is 31.9. The van der Waals surface area contributed by atoms with E-state index in [0.717, 1.165) is 24.9 Å². The van der Waals surface area contributed by atoms with Gasteiger partial charge in [-0.3, -0.25) is 9.78 Å². The van der Waals surface area contributed by atoms with Gasteiger partial charge in [-0.05, 0) is 61.6 Å². The van der Waals surface area contributed by atoms with E-state index in [-0.39, 0.29) is 12.2 Å². The second-order valence-electron chi connectivity index (χ2n) is 9.21. The molecule has 0 unspecified atom stereocenters. The summed E-state index contributed by atoms with van der Waals surface area (Å²) in [5, 5.41) is 20.4.